The fourth-order valence-corrected chi connectivity index (χ4v) is 5.37. The maximum Gasteiger partial charge on any atom is 0.249 e. The quantitative estimate of drug-likeness (QED) is 0.290. The average molecular weight is 556 g/mol. The smallest absolute Gasteiger partial charge is 0.249 e. The van der Waals surface area contributed by atoms with E-state index in [2.05, 4.69) is 15.6 Å². The molecule has 1 fully saturated rings. The van der Waals surface area contributed by atoms with Crippen molar-refractivity contribution in [2.45, 2.75) is 57.7 Å². The number of phenolic OH excluding ortho intramolecular Hbond substituents is 1. The van der Waals surface area contributed by atoms with Crippen molar-refractivity contribution in [2.24, 2.45) is 0 Å². The Kier molecular flexibility index (Phi) is 8.28. The number of Topliss-reactive ketones (excluding diaryl/α,β-unsaturated/α-hetero) is 1. The van der Waals surface area contributed by atoms with Gasteiger partial charge in [0.05, 0.1) is 12.6 Å². The number of hydrogen-bond acceptors (Lipinski definition) is 7. The highest BCUT2D eigenvalue weighted by molar-refractivity contribution is 6.03. The minimum atomic E-state index is -1.15. The van der Waals surface area contributed by atoms with Gasteiger partial charge < -0.3 is 15.2 Å². The van der Waals surface area contributed by atoms with Crippen LogP contribution in [0.15, 0.2) is 66.7 Å². The molecule has 0 bridgehead atoms. The lowest BCUT2D eigenvalue weighted by atomic mass is 9.94. The molecular weight excluding hydrogens is 522 g/mol. The number of fused-ring (bicyclic) bond motifs is 1. The van der Waals surface area contributed by atoms with E-state index in [1.165, 1.54) is 29.7 Å². The third-order valence-corrected chi connectivity index (χ3v) is 7.48. The van der Waals surface area contributed by atoms with Gasteiger partial charge in [0.25, 0.3) is 0 Å². The third-order valence-electron chi connectivity index (χ3n) is 7.48. The molecule has 0 saturated heterocycles. The molecule has 4 aromatic rings. The number of aromatic hydroxyl groups is 1. The van der Waals surface area contributed by atoms with Crippen LogP contribution in [-0.4, -0.2) is 50.8 Å². The molecule has 1 atom stereocenters. The summed E-state index contributed by atoms with van der Waals surface area (Å²) in [5.74, 6) is -0.919. The first-order valence-corrected chi connectivity index (χ1v) is 13.7. The van der Waals surface area contributed by atoms with E-state index >= 15 is 0 Å². The van der Waals surface area contributed by atoms with E-state index in [9.17, 15) is 19.5 Å². The lowest BCUT2D eigenvalue weighted by Crippen LogP contribution is -2.48. The summed E-state index contributed by atoms with van der Waals surface area (Å²) in [6, 6.07) is 17.4. The summed E-state index contributed by atoms with van der Waals surface area (Å²) in [6.07, 6.45) is 4.86. The van der Waals surface area contributed by atoms with Crippen molar-refractivity contribution in [3.8, 4) is 11.5 Å². The highest BCUT2D eigenvalue weighted by Crippen LogP contribution is 2.35. The topological polar surface area (TPSA) is 127 Å². The summed E-state index contributed by atoms with van der Waals surface area (Å²) >= 11 is 0. The van der Waals surface area contributed by atoms with Crippen LogP contribution in [0.2, 0.25) is 0 Å². The number of nitrogens with one attached hydrogen (secondary N) is 1. The first-order chi connectivity index (χ1) is 19.9. The lowest BCUT2D eigenvalue weighted by molar-refractivity contribution is -0.127. The molecule has 2 N–H and O–H groups in total. The van der Waals surface area contributed by atoms with Gasteiger partial charge in [-0.15, -0.1) is 5.10 Å². The predicted octanol–water partition coefficient (Wildman–Crippen LogP) is 4.57. The highest BCUT2D eigenvalue weighted by Gasteiger charge is 2.35. The number of hydrogen-bond donors (Lipinski definition) is 2. The van der Waals surface area contributed by atoms with Gasteiger partial charge in [-0.1, -0.05) is 54.8 Å². The molecule has 10 nitrogen and oxygen atoms in total. The van der Waals surface area contributed by atoms with E-state index in [4.69, 9.17) is 4.74 Å². The fraction of sp³-hybridized carbons (Fsp3) is 0.323. The molecular formula is C31H33N5O5. The Morgan fingerprint density at radius 2 is 1.83 bits per heavy atom. The number of para-hydroxylation sites is 1. The highest BCUT2D eigenvalue weighted by atomic mass is 16.5. The number of amides is 2. The zero-order valence-electron chi connectivity index (χ0n) is 23.1. The Balaban J connectivity index is 1.62. The van der Waals surface area contributed by atoms with Gasteiger partial charge in [0.2, 0.25) is 11.8 Å². The number of aromatic nitrogens is 3. The normalized spacial score (nSPS) is 14.4. The van der Waals surface area contributed by atoms with Gasteiger partial charge in [0.1, 0.15) is 18.1 Å². The number of benzene rings is 3. The molecule has 1 unspecified atom stereocenters. The number of anilines is 1. The zero-order valence-corrected chi connectivity index (χ0v) is 23.1. The standard InChI is InChI=1S/C31H33N5O5/c1-20(37)21-9-8-12-24(17-21)36(29(39)19-35-26-14-7-6-13-25(26)33-34-35)30(22-15-16-28(41-2)27(38)18-22)31(40)32-23-10-4-3-5-11-23/h6-9,12-18,23,30,38H,3-5,10-11,19H2,1-2H3,(H,32,40). The number of ketones is 1. The van der Waals surface area contributed by atoms with E-state index in [0.717, 1.165) is 32.1 Å². The van der Waals surface area contributed by atoms with E-state index < -0.39 is 11.9 Å². The first-order valence-electron chi connectivity index (χ1n) is 13.7. The molecule has 41 heavy (non-hydrogen) atoms. The van der Waals surface area contributed by atoms with Crippen molar-refractivity contribution >= 4 is 34.3 Å². The van der Waals surface area contributed by atoms with Crippen LogP contribution in [0.1, 0.15) is 61.0 Å². The fourth-order valence-electron chi connectivity index (χ4n) is 5.37. The molecule has 10 heteroatoms. The van der Waals surface area contributed by atoms with Crippen molar-refractivity contribution < 1.29 is 24.2 Å². The Morgan fingerprint density at radius 3 is 2.56 bits per heavy atom. The molecule has 0 radical (unpaired) electrons. The van der Waals surface area contributed by atoms with Crippen molar-refractivity contribution in [1.29, 1.82) is 0 Å². The van der Waals surface area contributed by atoms with Gasteiger partial charge in [-0.25, -0.2) is 4.68 Å². The van der Waals surface area contributed by atoms with Gasteiger partial charge in [-0.05, 0) is 61.7 Å². The lowest BCUT2D eigenvalue weighted by Gasteiger charge is -2.33. The molecule has 1 saturated carbocycles. The summed E-state index contributed by atoms with van der Waals surface area (Å²) in [4.78, 5) is 42.0. The maximum atomic E-state index is 14.2. The third kappa shape index (κ3) is 6.06. The summed E-state index contributed by atoms with van der Waals surface area (Å²) in [5, 5.41) is 22.1. The van der Waals surface area contributed by atoms with Gasteiger partial charge in [-0.2, -0.15) is 0 Å². The Bertz CT molecular complexity index is 1580. The molecule has 0 spiro atoms. The van der Waals surface area contributed by atoms with Crippen LogP contribution in [-0.2, 0) is 16.1 Å². The van der Waals surface area contributed by atoms with Crippen LogP contribution in [0.5, 0.6) is 11.5 Å². The number of carbonyl (C=O) groups is 3. The largest absolute Gasteiger partial charge is 0.504 e. The van der Waals surface area contributed by atoms with E-state index in [1.807, 2.05) is 18.2 Å². The minimum absolute atomic E-state index is 0.0228. The van der Waals surface area contributed by atoms with Crippen LogP contribution in [0.25, 0.3) is 11.0 Å². The second-order valence-corrected chi connectivity index (χ2v) is 10.3. The van der Waals surface area contributed by atoms with Gasteiger partial charge in [0, 0.05) is 17.3 Å². The molecule has 3 aromatic carbocycles. The SMILES string of the molecule is COc1ccc(C(C(=O)NC2CCCCC2)N(C(=O)Cn2nnc3ccccc32)c2cccc(C(C)=O)c2)cc1O. The molecule has 5 rings (SSSR count). The Labute approximate surface area is 237 Å². The van der Waals surface area contributed by atoms with Crippen molar-refractivity contribution in [2.75, 3.05) is 12.0 Å². The number of rotatable bonds is 9. The first kappa shape index (κ1) is 27.8. The minimum Gasteiger partial charge on any atom is -0.504 e. The second-order valence-electron chi connectivity index (χ2n) is 10.3. The molecule has 1 aliphatic carbocycles. The van der Waals surface area contributed by atoms with Gasteiger partial charge >= 0.3 is 0 Å². The van der Waals surface area contributed by atoms with Crippen LogP contribution in [0, 0.1) is 0 Å². The van der Waals surface area contributed by atoms with Gasteiger partial charge in [-0.3, -0.25) is 19.3 Å². The van der Waals surface area contributed by atoms with E-state index in [0.29, 0.717) is 27.8 Å². The van der Waals surface area contributed by atoms with Gasteiger partial charge in [0.15, 0.2) is 17.3 Å². The molecule has 1 heterocycles. The van der Waals surface area contributed by atoms with Crippen molar-refractivity contribution in [3.63, 3.8) is 0 Å². The van der Waals surface area contributed by atoms with Crippen LogP contribution >= 0.6 is 0 Å². The number of phenols is 1. The number of carbonyl (C=O) groups excluding carboxylic acids is 3. The maximum absolute atomic E-state index is 14.2. The van der Waals surface area contributed by atoms with E-state index in [1.54, 1.807) is 42.5 Å². The van der Waals surface area contributed by atoms with Crippen LogP contribution in [0.4, 0.5) is 5.69 Å². The number of nitrogens with zero attached hydrogens (tertiary/aromatic N) is 4. The zero-order chi connectivity index (χ0) is 28.9. The van der Waals surface area contributed by atoms with Crippen molar-refractivity contribution in [3.05, 3.63) is 77.9 Å². The van der Waals surface area contributed by atoms with E-state index in [-0.39, 0.29) is 35.8 Å². The molecule has 0 aliphatic heterocycles. The molecule has 1 aromatic heterocycles. The predicted molar refractivity (Wildman–Crippen MR) is 154 cm³/mol. The van der Waals surface area contributed by atoms with Crippen LogP contribution < -0.4 is 15.0 Å². The Morgan fingerprint density at radius 1 is 1.05 bits per heavy atom. The molecule has 212 valence electrons. The molecule has 1 aliphatic rings. The van der Waals surface area contributed by atoms with Crippen LogP contribution in [0.3, 0.4) is 0 Å². The summed E-state index contributed by atoms with van der Waals surface area (Å²) in [7, 11) is 1.44. The Hall–Kier alpha value is -4.73. The number of methoxy groups -OCH3 is 1. The molecule has 2 amide bonds. The second kappa shape index (κ2) is 12.2. The monoisotopic (exact) mass is 555 g/mol. The number of ether oxygens (including phenoxy) is 1. The average Bonchev–Trinajstić information content (AvgIpc) is 3.38. The summed E-state index contributed by atoms with van der Waals surface area (Å²) in [5.41, 5.74) is 2.46. The summed E-state index contributed by atoms with van der Waals surface area (Å²) in [6.45, 7) is 1.24. The summed E-state index contributed by atoms with van der Waals surface area (Å²) < 4.78 is 6.71. The van der Waals surface area contributed by atoms with Crippen molar-refractivity contribution in [1.82, 2.24) is 20.3 Å².